The van der Waals surface area contributed by atoms with Crippen molar-refractivity contribution < 1.29 is 49.3 Å². The number of methoxy groups -OCH3 is 1. The second-order valence-electron chi connectivity index (χ2n) is 12.4. The molecule has 0 aliphatic carbocycles. The predicted molar refractivity (Wildman–Crippen MR) is 199 cm³/mol. The van der Waals surface area contributed by atoms with Gasteiger partial charge in [-0.15, -0.1) is 6.42 Å². The summed E-state index contributed by atoms with van der Waals surface area (Å²) in [5, 5.41) is 0.233. The third-order valence-electron chi connectivity index (χ3n) is 8.57. The van der Waals surface area contributed by atoms with Crippen molar-refractivity contribution in [2.75, 3.05) is 31.8 Å². The summed E-state index contributed by atoms with van der Waals surface area (Å²) in [4.78, 5) is 29.1. The van der Waals surface area contributed by atoms with Gasteiger partial charge in [-0.25, -0.2) is 13.3 Å². The summed E-state index contributed by atoms with van der Waals surface area (Å²) < 4.78 is 50.0. The molecule has 0 unspecified atom stereocenters. The van der Waals surface area contributed by atoms with Gasteiger partial charge in [0.05, 0.1) is 43.8 Å². The Bertz CT molecular complexity index is 2060. The van der Waals surface area contributed by atoms with E-state index in [-0.39, 0.29) is 40.2 Å². The van der Waals surface area contributed by atoms with E-state index in [2.05, 4.69) is 22.9 Å². The van der Waals surface area contributed by atoms with Crippen molar-refractivity contribution in [1.29, 1.82) is 0 Å². The molecule has 0 aliphatic heterocycles. The van der Waals surface area contributed by atoms with E-state index in [9.17, 15) is 18.4 Å². The Kier molecular flexibility index (Phi) is 15.4. The number of carbonyl (C=O) groups is 1. The number of fused-ring (bicyclic) bond motifs is 1. The van der Waals surface area contributed by atoms with Gasteiger partial charge in [-0.05, 0) is 43.5 Å². The van der Waals surface area contributed by atoms with Gasteiger partial charge in [-0.1, -0.05) is 38.2 Å². The first kappa shape index (κ1) is 40.6. The van der Waals surface area contributed by atoms with Crippen LogP contribution in [0.2, 0.25) is 0 Å². The van der Waals surface area contributed by atoms with Crippen molar-refractivity contribution in [3.05, 3.63) is 119 Å². The number of aromatic nitrogens is 2. The summed E-state index contributed by atoms with van der Waals surface area (Å²) in [6.07, 6.45) is 18.4. The second kappa shape index (κ2) is 20.1. The number of terminal acetylenes is 1. The van der Waals surface area contributed by atoms with E-state index in [0.29, 0.717) is 47.7 Å². The van der Waals surface area contributed by atoms with Gasteiger partial charge in [0.2, 0.25) is 5.43 Å². The summed E-state index contributed by atoms with van der Waals surface area (Å²) in [5.41, 5.74) is 0.0935. The van der Waals surface area contributed by atoms with Crippen molar-refractivity contribution in [2.24, 2.45) is 0 Å². The highest BCUT2D eigenvalue weighted by atomic mass is 79.9. The number of amides is 1. The van der Waals surface area contributed by atoms with Gasteiger partial charge >= 0.3 is 0 Å². The number of pyridine rings is 2. The Hall–Kier alpha value is -5.21. The van der Waals surface area contributed by atoms with E-state index in [0.717, 1.165) is 62.1 Å². The average molecular weight is 789 g/mol. The summed E-state index contributed by atoms with van der Waals surface area (Å²) in [7, 11) is 1.53. The molecule has 0 spiro atoms. The first-order valence-corrected chi connectivity index (χ1v) is 17.6. The SMILES string of the molecule is C#CCN(C(=O)c1cn(-c2cc(OC)cc(OCCC)c2)c2cc(OCCCCCCCC[n+]3ccccc3)ccc2c1=O)c1cc(F)cc(F)c1.[Br-]. The Balaban J connectivity index is 0.00000627. The minimum atomic E-state index is -0.887. The highest BCUT2D eigenvalue weighted by Crippen LogP contribution is 2.30. The van der Waals surface area contributed by atoms with Crippen LogP contribution in [0, 0.1) is 24.0 Å². The number of carbonyl (C=O) groups excluding carboxylic acids is 1. The van der Waals surface area contributed by atoms with Crippen LogP contribution in [-0.4, -0.2) is 37.3 Å². The highest BCUT2D eigenvalue weighted by Gasteiger charge is 2.24. The molecule has 278 valence electrons. The number of rotatable bonds is 18. The van der Waals surface area contributed by atoms with Gasteiger partial charge in [-0.3, -0.25) is 14.5 Å². The van der Waals surface area contributed by atoms with E-state index in [1.807, 2.05) is 25.1 Å². The Morgan fingerprint density at radius 3 is 2.23 bits per heavy atom. The molecule has 0 saturated carbocycles. The number of hydrogen-bond donors (Lipinski definition) is 0. The van der Waals surface area contributed by atoms with E-state index in [1.54, 1.807) is 41.0 Å². The molecule has 0 saturated heterocycles. The molecule has 3 aromatic carbocycles. The predicted octanol–water partition coefficient (Wildman–Crippen LogP) is 5.06. The normalized spacial score (nSPS) is 10.7. The fraction of sp³-hybridized carbons (Fsp3) is 0.310. The number of hydrogen-bond acceptors (Lipinski definition) is 5. The Labute approximate surface area is 319 Å². The fourth-order valence-corrected chi connectivity index (χ4v) is 5.97. The van der Waals surface area contributed by atoms with Crippen molar-refractivity contribution >= 4 is 22.5 Å². The van der Waals surface area contributed by atoms with E-state index in [1.165, 1.54) is 19.7 Å². The molecule has 11 heteroatoms. The molecule has 0 radical (unpaired) electrons. The van der Waals surface area contributed by atoms with Crippen LogP contribution in [0.4, 0.5) is 14.5 Å². The van der Waals surface area contributed by atoms with Crippen molar-refractivity contribution in [3.63, 3.8) is 0 Å². The first-order valence-electron chi connectivity index (χ1n) is 17.6. The minimum absolute atomic E-state index is 0. The molecule has 53 heavy (non-hydrogen) atoms. The number of unbranched alkanes of at least 4 members (excludes halogenated alkanes) is 5. The number of aryl methyl sites for hydroxylation is 1. The maximum Gasteiger partial charge on any atom is 0.264 e. The smallest absolute Gasteiger partial charge is 0.264 e. The Morgan fingerprint density at radius 1 is 0.849 bits per heavy atom. The third-order valence-corrected chi connectivity index (χ3v) is 8.57. The largest absolute Gasteiger partial charge is 1.00 e. The number of ether oxygens (including phenoxy) is 3. The molecule has 2 heterocycles. The van der Waals surface area contributed by atoms with Gasteiger partial charge in [0.25, 0.3) is 5.91 Å². The summed E-state index contributed by atoms with van der Waals surface area (Å²) in [5.74, 6) is 1.37. The molecule has 0 fully saturated rings. The van der Waals surface area contributed by atoms with Crippen molar-refractivity contribution in [1.82, 2.24) is 4.57 Å². The van der Waals surface area contributed by atoms with Gasteiger partial charge in [0.1, 0.15) is 41.0 Å². The lowest BCUT2D eigenvalue weighted by atomic mass is 10.1. The standard InChI is InChI=1S/C42H44F2N3O5.BrH/c1-4-17-46(33-24-31(43)23-32(44)25-33)42(49)39-30-47(34-26-36(50-3)28-37(27-34)51-21-5-2)40-29-35(15-16-38(40)41(39)48)52-22-14-9-7-6-8-11-18-45-19-12-10-13-20-45;/h1,10,12-13,15-16,19-20,23-30H,5-9,11,14,17-18,21-22H2,2-3H3;1H/q+1;/p-1. The zero-order valence-electron chi connectivity index (χ0n) is 30.0. The topological polar surface area (TPSA) is 73.9 Å². The maximum atomic E-state index is 14.2. The maximum absolute atomic E-state index is 14.2. The second-order valence-corrected chi connectivity index (χ2v) is 12.4. The molecule has 5 aromatic rings. The summed E-state index contributed by atoms with van der Waals surface area (Å²) >= 11 is 0. The van der Waals surface area contributed by atoms with Crippen LogP contribution in [0.15, 0.2) is 96.2 Å². The van der Waals surface area contributed by atoms with Crippen LogP contribution in [-0.2, 0) is 6.54 Å². The summed E-state index contributed by atoms with van der Waals surface area (Å²) in [6, 6.07) is 19.2. The molecule has 2 aromatic heterocycles. The van der Waals surface area contributed by atoms with Crippen LogP contribution in [0.3, 0.4) is 0 Å². The molecular weight excluding hydrogens is 744 g/mol. The summed E-state index contributed by atoms with van der Waals surface area (Å²) in [6.45, 7) is 3.66. The molecule has 0 N–H and O–H groups in total. The Morgan fingerprint density at radius 2 is 1.53 bits per heavy atom. The van der Waals surface area contributed by atoms with Gasteiger partial charge in [-0.2, -0.15) is 0 Å². The zero-order chi connectivity index (χ0) is 36.9. The lowest BCUT2D eigenvalue weighted by Gasteiger charge is -2.22. The van der Waals surface area contributed by atoms with Crippen LogP contribution in [0.1, 0.15) is 62.2 Å². The number of anilines is 1. The van der Waals surface area contributed by atoms with Crippen LogP contribution >= 0.6 is 0 Å². The molecule has 0 aliphatic rings. The lowest BCUT2D eigenvalue weighted by Crippen LogP contribution is -3.00. The van der Waals surface area contributed by atoms with Gasteiger partial charge in [0, 0.05) is 60.5 Å². The minimum Gasteiger partial charge on any atom is -1.00 e. The number of nitrogens with zero attached hydrogens (tertiary/aromatic N) is 3. The van der Waals surface area contributed by atoms with E-state index >= 15 is 0 Å². The number of halogens is 3. The van der Waals surface area contributed by atoms with Gasteiger partial charge < -0.3 is 35.8 Å². The lowest BCUT2D eigenvalue weighted by molar-refractivity contribution is -0.697. The number of benzene rings is 3. The highest BCUT2D eigenvalue weighted by molar-refractivity contribution is 6.08. The average Bonchev–Trinajstić information content (AvgIpc) is 3.15. The van der Waals surface area contributed by atoms with Crippen molar-refractivity contribution in [2.45, 2.75) is 58.4 Å². The van der Waals surface area contributed by atoms with E-state index < -0.39 is 23.0 Å². The van der Waals surface area contributed by atoms with Gasteiger partial charge in [0.15, 0.2) is 12.4 Å². The van der Waals surface area contributed by atoms with Crippen LogP contribution in [0.5, 0.6) is 17.2 Å². The molecule has 0 atom stereocenters. The molecule has 5 rings (SSSR count). The van der Waals surface area contributed by atoms with Crippen molar-refractivity contribution in [3.8, 4) is 35.3 Å². The van der Waals surface area contributed by atoms with Crippen LogP contribution in [0.25, 0.3) is 16.6 Å². The van der Waals surface area contributed by atoms with Crippen LogP contribution < -0.4 is 46.1 Å². The zero-order valence-corrected chi connectivity index (χ0v) is 31.6. The molecule has 8 nitrogen and oxygen atoms in total. The fourth-order valence-electron chi connectivity index (χ4n) is 5.97. The van der Waals surface area contributed by atoms with E-state index in [4.69, 9.17) is 20.6 Å². The first-order chi connectivity index (χ1) is 25.3. The molecule has 0 bridgehead atoms. The molecular formula is C42H44BrF2N3O5. The third kappa shape index (κ3) is 10.9. The quantitative estimate of drug-likeness (QED) is 0.0707. The molecule has 1 amide bonds. The monoisotopic (exact) mass is 787 g/mol.